The van der Waals surface area contributed by atoms with Crippen LogP contribution in [0.4, 0.5) is 5.69 Å². The molecule has 1 aliphatic heterocycles. The molecule has 0 spiro atoms. The van der Waals surface area contributed by atoms with Gasteiger partial charge in [0.15, 0.2) is 0 Å². The van der Waals surface area contributed by atoms with Crippen molar-refractivity contribution in [3.8, 4) is 0 Å². The molecule has 2 amide bonds. The smallest absolute Gasteiger partial charge is 0.272 e. The Morgan fingerprint density at radius 1 is 1.27 bits per heavy atom. The molecule has 2 heterocycles. The molecule has 1 aromatic heterocycles. The molecule has 2 aromatic rings. The van der Waals surface area contributed by atoms with Gasteiger partial charge in [0.1, 0.15) is 5.69 Å². The van der Waals surface area contributed by atoms with Gasteiger partial charge in [-0.2, -0.15) is 0 Å². The van der Waals surface area contributed by atoms with Crippen molar-refractivity contribution in [2.45, 2.75) is 38.6 Å². The molecule has 26 heavy (non-hydrogen) atoms. The highest BCUT2D eigenvalue weighted by atomic mass is 35.5. The summed E-state index contributed by atoms with van der Waals surface area (Å²) in [7, 11) is 0. The number of aromatic nitrogens is 1. The lowest BCUT2D eigenvalue weighted by Gasteiger charge is -2.35. The molecular formula is C20H22ClN3O2. The third-order valence-corrected chi connectivity index (χ3v) is 4.92. The Morgan fingerprint density at radius 3 is 2.88 bits per heavy atom. The molecule has 1 aromatic carbocycles. The molecule has 1 saturated heterocycles. The first-order valence-electron chi connectivity index (χ1n) is 8.92. The third kappa shape index (κ3) is 4.22. The van der Waals surface area contributed by atoms with E-state index in [1.54, 1.807) is 36.4 Å². The van der Waals surface area contributed by atoms with Gasteiger partial charge in [-0.3, -0.25) is 14.6 Å². The van der Waals surface area contributed by atoms with Gasteiger partial charge in [-0.25, -0.2) is 0 Å². The monoisotopic (exact) mass is 371 g/mol. The predicted molar refractivity (Wildman–Crippen MR) is 103 cm³/mol. The second-order valence-corrected chi connectivity index (χ2v) is 6.89. The van der Waals surface area contributed by atoms with E-state index in [1.807, 2.05) is 4.90 Å². The summed E-state index contributed by atoms with van der Waals surface area (Å²) in [6, 6.07) is 10.3. The summed E-state index contributed by atoms with van der Waals surface area (Å²) in [4.78, 5) is 31.4. The van der Waals surface area contributed by atoms with Gasteiger partial charge in [-0.05, 0) is 56.0 Å². The van der Waals surface area contributed by atoms with E-state index in [9.17, 15) is 9.59 Å². The number of pyridine rings is 1. The summed E-state index contributed by atoms with van der Waals surface area (Å²) < 4.78 is 0. The van der Waals surface area contributed by atoms with E-state index in [0.29, 0.717) is 22.0 Å². The van der Waals surface area contributed by atoms with E-state index in [1.165, 1.54) is 6.20 Å². The summed E-state index contributed by atoms with van der Waals surface area (Å²) in [6.45, 7) is 2.84. The lowest BCUT2D eigenvalue weighted by molar-refractivity contribution is 0.0602. The average Bonchev–Trinajstić information content (AvgIpc) is 2.67. The van der Waals surface area contributed by atoms with Crippen molar-refractivity contribution in [2.75, 3.05) is 11.9 Å². The normalized spacial score (nSPS) is 17.0. The Kier molecular flexibility index (Phi) is 5.89. The number of anilines is 1. The van der Waals surface area contributed by atoms with E-state index in [2.05, 4.69) is 17.2 Å². The van der Waals surface area contributed by atoms with Crippen molar-refractivity contribution in [3.63, 3.8) is 0 Å². The molecular weight excluding hydrogens is 350 g/mol. The van der Waals surface area contributed by atoms with E-state index >= 15 is 0 Å². The maximum absolute atomic E-state index is 12.9. The van der Waals surface area contributed by atoms with Gasteiger partial charge >= 0.3 is 0 Å². The lowest BCUT2D eigenvalue weighted by Crippen LogP contribution is -2.43. The molecule has 0 radical (unpaired) electrons. The Bertz CT molecular complexity index is 809. The van der Waals surface area contributed by atoms with Crippen molar-refractivity contribution in [2.24, 2.45) is 0 Å². The predicted octanol–water partition coefficient (Wildman–Crippen LogP) is 4.39. The van der Waals surface area contributed by atoms with E-state index in [4.69, 9.17) is 11.6 Å². The van der Waals surface area contributed by atoms with Crippen molar-refractivity contribution in [1.82, 2.24) is 9.88 Å². The van der Waals surface area contributed by atoms with E-state index < -0.39 is 0 Å². The zero-order valence-corrected chi connectivity index (χ0v) is 15.5. The van der Waals surface area contributed by atoms with Gasteiger partial charge in [0.2, 0.25) is 0 Å². The summed E-state index contributed by atoms with van der Waals surface area (Å²) in [6.07, 6.45) is 5.62. The molecule has 136 valence electrons. The van der Waals surface area contributed by atoms with Crippen molar-refractivity contribution in [1.29, 1.82) is 0 Å². The minimum Gasteiger partial charge on any atom is -0.334 e. The first-order chi connectivity index (χ1) is 12.6. The van der Waals surface area contributed by atoms with Crippen LogP contribution in [0.15, 0.2) is 42.6 Å². The summed E-state index contributed by atoms with van der Waals surface area (Å²) >= 11 is 5.94. The zero-order chi connectivity index (χ0) is 18.5. The Hall–Kier alpha value is -2.40. The van der Waals surface area contributed by atoms with Crippen LogP contribution in [-0.4, -0.2) is 34.3 Å². The van der Waals surface area contributed by atoms with Crippen LogP contribution in [0.5, 0.6) is 0 Å². The van der Waals surface area contributed by atoms with E-state index in [0.717, 1.165) is 32.2 Å². The highest BCUT2D eigenvalue weighted by molar-refractivity contribution is 6.31. The molecule has 1 atom stereocenters. The largest absolute Gasteiger partial charge is 0.334 e. The standard InChI is InChI=1S/C20H22ClN3O2/c1-2-17-8-3-4-11-24(17)20(26)18-12-14(9-10-22-18)19(25)23-16-7-5-6-15(21)13-16/h5-7,9-10,12-13,17H,2-4,8,11H2,1H3,(H,23,25). The average molecular weight is 372 g/mol. The second-order valence-electron chi connectivity index (χ2n) is 6.45. The molecule has 0 aliphatic carbocycles. The number of hydrogen-bond donors (Lipinski definition) is 1. The molecule has 0 bridgehead atoms. The van der Waals surface area contributed by atoms with E-state index in [-0.39, 0.29) is 17.9 Å². The first kappa shape index (κ1) is 18.4. The van der Waals surface area contributed by atoms with Gasteiger partial charge < -0.3 is 10.2 Å². The molecule has 5 nitrogen and oxygen atoms in total. The van der Waals surface area contributed by atoms with Crippen LogP contribution in [-0.2, 0) is 0 Å². The molecule has 1 unspecified atom stereocenters. The fourth-order valence-corrected chi connectivity index (χ4v) is 3.49. The third-order valence-electron chi connectivity index (χ3n) is 4.68. The number of benzene rings is 1. The number of nitrogens with one attached hydrogen (secondary N) is 1. The summed E-state index contributed by atoms with van der Waals surface area (Å²) in [5, 5.41) is 3.33. The second kappa shape index (κ2) is 8.32. The number of nitrogens with zero attached hydrogens (tertiary/aromatic N) is 2. The topological polar surface area (TPSA) is 62.3 Å². The highest BCUT2D eigenvalue weighted by Gasteiger charge is 2.27. The molecule has 6 heteroatoms. The van der Waals surface area contributed by atoms with Crippen LogP contribution in [0.25, 0.3) is 0 Å². The van der Waals surface area contributed by atoms with Gasteiger partial charge in [0, 0.05) is 35.1 Å². The van der Waals surface area contributed by atoms with Crippen molar-refractivity contribution in [3.05, 3.63) is 58.9 Å². The number of amides is 2. The fraction of sp³-hybridized carbons (Fsp3) is 0.350. The number of halogens is 1. The van der Waals surface area contributed by atoms with Crippen LogP contribution in [0, 0.1) is 0 Å². The fourth-order valence-electron chi connectivity index (χ4n) is 3.30. The van der Waals surface area contributed by atoms with Crippen LogP contribution in [0.1, 0.15) is 53.5 Å². The number of carbonyl (C=O) groups excluding carboxylic acids is 2. The minimum absolute atomic E-state index is 0.103. The Morgan fingerprint density at radius 2 is 2.12 bits per heavy atom. The quantitative estimate of drug-likeness (QED) is 0.866. The van der Waals surface area contributed by atoms with Gasteiger partial charge in [-0.15, -0.1) is 0 Å². The first-order valence-corrected chi connectivity index (χ1v) is 9.30. The Balaban J connectivity index is 1.77. The lowest BCUT2D eigenvalue weighted by atomic mass is 9.99. The number of likely N-dealkylation sites (tertiary alicyclic amines) is 1. The van der Waals surface area contributed by atoms with Crippen LogP contribution >= 0.6 is 11.6 Å². The number of piperidine rings is 1. The SMILES string of the molecule is CCC1CCCCN1C(=O)c1cc(C(=O)Nc2cccc(Cl)c2)ccn1. The van der Waals surface area contributed by atoms with Gasteiger partial charge in [0.05, 0.1) is 0 Å². The molecule has 0 saturated carbocycles. The molecule has 1 fully saturated rings. The van der Waals surface area contributed by atoms with Crippen LogP contribution < -0.4 is 5.32 Å². The number of carbonyl (C=O) groups is 2. The Labute approximate surface area is 158 Å². The maximum Gasteiger partial charge on any atom is 0.272 e. The van der Waals surface area contributed by atoms with Crippen molar-refractivity contribution >= 4 is 29.1 Å². The molecule has 3 rings (SSSR count). The number of hydrogen-bond acceptors (Lipinski definition) is 3. The molecule has 1 aliphatic rings. The highest BCUT2D eigenvalue weighted by Crippen LogP contribution is 2.22. The van der Waals surface area contributed by atoms with Crippen molar-refractivity contribution < 1.29 is 9.59 Å². The van der Waals surface area contributed by atoms with Crippen LogP contribution in [0.2, 0.25) is 5.02 Å². The zero-order valence-electron chi connectivity index (χ0n) is 14.7. The number of rotatable bonds is 4. The molecule has 1 N–H and O–H groups in total. The maximum atomic E-state index is 12.9. The summed E-state index contributed by atoms with van der Waals surface area (Å²) in [5.74, 6) is -0.400. The van der Waals surface area contributed by atoms with Gasteiger partial charge in [-0.1, -0.05) is 24.6 Å². The van der Waals surface area contributed by atoms with Crippen LogP contribution in [0.3, 0.4) is 0 Å². The van der Waals surface area contributed by atoms with Gasteiger partial charge in [0.25, 0.3) is 11.8 Å². The minimum atomic E-state index is -0.297. The summed E-state index contributed by atoms with van der Waals surface area (Å²) in [5.41, 5.74) is 1.31.